The van der Waals surface area contributed by atoms with Gasteiger partial charge in [0.15, 0.2) is 0 Å². The maximum absolute atomic E-state index is 6.10. The Balaban J connectivity index is 1.09. The quantitative estimate of drug-likeness (QED) is 0.170. The molecule has 0 aliphatic heterocycles. The number of para-hydroxylation sites is 1. The molecule has 0 radical (unpaired) electrons. The van der Waals surface area contributed by atoms with Gasteiger partial charge in [-0.25, -0.2) is 0 Å². The van der Waals surface area contributed by atoms with Crippen molar-refractivity contribution >= 4 is 65.0 Å². The molecule has 246 valence electrons. The van der Waals surface area contributed by atoms with E-state index in [4.69, 9.17) is 4.42 Å². The third kappa shape index (κ3) is 4.71. The summed E-state index contributed by atoms with van der Waals surface area (Å²) in [6.45, 7) is 0. The van der Waals surface area contributed by atoms with E-state index in [0.29, 0.717) is 0 Å². The highest BCUT2D eigenvalue weighted by atomic mass is 16.3. The molecule has 0 amide bonds. The second-order valence-electron chi connectivity index (χ2n) is 14.0. The molecule has 0 saturated carbocycles. The molecule has 0 aliphatic rings. The Morgan fingerprint density at radius 2 is 0.736 bits per heavy atom. The first-order chi connectivity index (χ1) is 26.3. The van der Waals surface area contributed by atoms with Crippen molar-refractivity contribution in [2.75, 3.05) is 0 Å². The van der Waals surface area contributed by atoms with Gasteiger partial charge in [-0.15, -0.1) is 0 Å². The lowest BCUT2D eigenvalue weighted by molar-refractivity contribution is 0.669. The summed E-state index contributed by atoms with van der Waals surface area (Å²) in [5.41, 5.74) is 11.7. The maximum Gasteiger partial charge on any atom is 0.135 e. The van der Waals surface area contributed by atoms with Crippen molar-refractivity contribution in [2.24, 2.45) is 0 Å². The van der Waals surface area contributed by atoms with Crippen molar-refractivity contribution in [3.05, 3.63) is 194 Å². The Labute approximate surface area is 307 Å². The molecule has 11 rings (SSSR count). The molecule has 53 heavy (non-hydrogen) atoms. The molecule has 0 aliphatic carbocycles. The normalized spacial score (nSPS) is 11.8. The Morgan fingerprint density at radius 3 is 1.49 bits per heavy atom. The summed E-state index contributed by atoms with van der Waals surface area (Å²) < 4.78 is 6.10. The molecule has 1 heteroatoms. The molecule has 1 nitrogen and oxygen atoms in total. The first-order valence-electron chi connectivity index (χ1n) is 18.3. The van der Waals surface area contributed by atoms with Crippen LogP contribution in [0.3, 0.4) is 0 Å². The fourth-order valence-corrected chi connectivity index (χ4v) is 8.61. The van der Waals surface area contributed by atoms with Crippen LogP contribution in [0.1, 0.15) is 0 Å². The third-order valence-corrected chi connectivity index (χ3v) is 11.0. The van der Waals surface area contributed by atoms with Crippen LogP contribution in [-0.4, -0.2) is 0 Å². The van der Waals surface area contributed by atoms with Crippen LogP contribution < -0.4 is 0 Å². The molecular formula is C52H32O. The fourth-order valence-electron chi connectivity index (χ4n) is 8.61. The number of hydrogen-bond donors (Lipinski definition) is 0. The van der Waals surface area contributed by atoms with Crippen LogP contribution in [0.4, 0.5) is 0 Å². The summed E-state index contributed by atoms with van der Waals surface area (Å²) >= 11 is 0. The molecule has 1 aromatic heterocycles. The maximum atomic E-state index is 6.10. The van der Waals surface area contributed by atoms with E-state index in [2.05, 4.69) is 182 Å². The SMILES string of the molecule is c1ccc(-c2c3ccccc3c(-c3ccc4cc(-c5ccc6oc7ccccc7c6c5)ccc4c3)c3ccccc23)c(-c2cccc3ccccc23)c1. The van der Waals surface area contributed by atoms with Gasteiger partial charge < -0.3 is 4.42 Å². The van der Waals surface area contributed by atoms with Gasteiger partial charge in [0.05, 0.1) is 0 Å². The van der Waals surface area contributed by atoms with Gasteiger partial charge in [0.1, 0.15) is 11.2 Å². The third-order valence-electron chi connectivity index (χ3n) is 11.0. The average molecular weight is 673 g/mol. The predicted molar refractivity (Wildman–Crippen MR) is 225 cm³/mol. The molecule has 10 aromatic carbocycles. The molecule has 0 fully saturated rings. The molecule has 0 N–H and O–H groups in total. The van der Waals surface area contributed by atoms with E-state index >= 15 is 0 Å². The van der Waals surface area contributed by atoms with Crippen LogP contribution in [-0.2, 0) is 0 Å². The number of furan rings is 1. The van der Waals surface area contributed by atoms with Gasteiger partial charge in [-0.3, -0.25) is 0 Å². The standard InChI is InChI=1S/C52H32O/c1-2-14-39-33(12-1)13-11-22-40(39)41-15-3-4-17-43(41)52-46-20-7-5-18-44(46)51(45-19-6-8-21-47(45)52)38-27-26-34-30-35(24-25-36(34)31-38)37-28-29-50-48(32-37)42-16-9-10-23-49(42)53-50/h1-32H. The topological polar surface area (TPSA) is 13.1 Å². The Kier molecular flexibility index (Phi) is 6.62. The van der Waals surface area contributed by atoms with E-state index in [9.17, 15) is 0 Å². The van der Waals surface area contributed by atoms with Crippen LogP contribution in [0.5, 0.6) is 0 Å². The van der Waals surface area contributed by atoms with Crippen LogP contribution in [0.15, 0.2) is 199 Å². The van der Waals surface area contributed by atoms with Crippen LogP contribution >= 0.6 is 0 Å². The highest BCUT2D eigenvalue weighted by Crippen LogP contribution is 2.47. The number of benzene rings is 10. The Hall–Kier alpha value is -6.96. The van der Waals surface area contributed by atoms with Gasteiger partial charge in [0, 0.05) is 10.8 Å². The molecule has 0 saturated heterocycles. The lowest BCUT2D eigenvalue weighted by Gasteiger charge is -2.20. The Morgan fingerprint density at radius 1 is 0.245 bits per heavy atom. The van der Waals surface area contributed by atoms with E-state index in [1.165, 1.54) is 87.6 Å². The monoisotopic (exact) mass is 672 g/mol. The van der Waals surface area contributed by atoms with Gasteiger partial charge in [-0.1, -0.05) is 164 Å². The molecule has 1 heterocycles. The van der Waals surface area contributed by atoms with Gasteiger partial charge in [-0.05, 0) is 118 Å². The minimum absolute atomic E-state index is 0.919. The lowest BCUT2D eigenvalue weighted by atomic mass is 9.83. The highest BCUT2D eigenvalue weighted by molar-refractivity contribution is 6.23. The van der Waals surface area contributed by atoms with E-state index < -0.39 is 0 Å². The summed E-state index contributed by atoms with van der Waals surface area (Å²) in [6, 6.07) is 70.7. The summed E-state index contributed by atoms with van der Waals surface area (Å²) in [5, 5.41) is 12.3. The number of hydrogen-bond acceptors (Lipinski definition) is 1. The smallest absolute Gasteiger partial charge is 0.135 e. The first kappa shape index (κ1) is 29.7. The highest BCUT2D eigenvalue weighted by Gasteiger charge is 2.20. The van der Waals surface area contributed by atoms with Crippen LogP contribution in [0, 0.1) is 0 Å². The van der Waals surface area contributed by atoms with Crippen molar-refractivity contribution in [1.29, 1.82) is 0 Å². The zero-order valence-electron chi connectivity index (χ0n) is 28.9. The average Bonchev–Trinajstić information content (AvgIpc) is 3.60. The van der Waals surface area contributed by atoms with Crippen molar-refractivity contribution in [3.63, 3.8) is 0 Å². The zero-order chi connectivity index (χ0) is 34.9. The molecular weight excluding hydrogens is 641 g/mol. The largest absolute Gasteiger partial charge is 0.456 e. The minimum atomic E-state index is 0.919. The molecule has 11 aromatic rings. The van der Waals surface area contributed by atoms with Crippen LogP contribution in [0.25, 0.3) is 110 Å². The van der Waals surface area contributed by atoms with Gasteiger partial charge in [0.2, 0.25) is 0 Å². The molecule has 0 bridgehead atoms. The lowest BCUT2D eigenvalue weighted by Crippen LogP contribution is -1.93. The van der Waals surface area contributed by atoms with Gasteiger partial charge >= 0.3 is 0 Å². The van der Waals surface area contributed by atoms with Crippen molar-refractivity contribution in [3.8, 4) is 44.5 Å². The van der Waals surface area contributed by atoms with Gasteiger partial charge in [-0.2, -0.15) is 0 Å². The summed E-state index contributed by atoms with van der Waals surface area (Å²) in [7, 11) is 0. The van der Waals surface area contributed by atoms with E-state index in [-0.39, 0.29) is 0 Å². The van der Waals surface area contributed by atoms with E-state index in [1.807, 2.05) is 12.1 Å². The molecule has 0 unspecified atom stereocenters. The summed E-state index contributed by atoms with van der Waals surface area (Å²) in [4.78, 5) is 0. The molecule has 0 atom stereocenters. The summed E-state index contributed by atoms with van der Waals surface area (Å²) in [6.07, 6.45) is 0. The Bertz CT molecular complexity index is 3170. The van der Waals surface area contributed by atoms with Gasteiger partial charge in [0.25, 0.3) is 0 Å². The second kappa shape index (κ2) is 11.8. The van der Waals surface area contributed by atoms with Crippen LogP contribution in [0.2, 0.25) is 0 Å². The fraction of sp³-hybridized carbons (Fsp3) is 0. The minimum Gasteiger partial charge on any atom is -0.456 e. The van der Waals surface area contributed by atoms with E-state index in [0.717, 1.165) is 21.9 Å². The van der Waals surface area contributed by atoms with E-state index in [1.54, 1.807) is 0 Å². The zero-order valence-corrected chi connectivity index (χ0v) is 28.9. The number of rotatable bonds is 4. The van der Waals surface area contributed by atoms with Crippen molar-refractivity contribution < 1.29 is 4.42 Å². The van der Waals surface area contributed by atoms with Crippen molar-refractivity contribution in [2.45, 2.75) is 0 Å². The summed E-state index contributed by atoms with van der Waals surface area (Å²) in [5.74, 6) is 0. The first-order valence-corrected chi connectivity index (χ1v) is 18.3. The molecule has 0 spiro atoms. The second-order valence-corrected chi connectivity index (χ2v) is 14.0. The predicted octanol–water partition coefficient (Wildman–Crippen LogP) is 14.9. The van der Waals surface area contributed by atoms with Crippen molar-refractivity contribution in [1.82, 2.24) is 0 Å². The number of fused-ring (bicyclic) bond motifs is 7.